The number of hydrogen-bond donors (Lipinski definition) is 2. The minimum absolute atomic E-state index is 0.878. The fraction of sp³-hybridized carbons (Fsp3) is 0.429. The first-order valence-electron chi connectivity index (χ1n) is 6.42. The molecule has 116 valence electrons. The van der Waals surface area contributed by atoms with Gasteiger partial charge in [0.05, 0.1) is 13.2 Å². The van der Waals surface area contributed by atoms with Gasteiger partial charge in [-0.2, -0.15) is 0 Å². The van der Waals surface area contributed by atoms with Crippen molar-refractivity contribution in [2.75, 3.05) is 32.6 Å². The Labute approximate surface area is 127 Å². The van der Waals surface area contributed by atoms with Crippen molar-refractivity contribution in [3.05, 3.63) is 29.8 Å². The van der Waals surface area contributed by atoms with Gasteiger partial charge in [-0.1, -0.05) is 12.1 Å². The Morgan fingerprint density at radius 3 is 2.10 bits per heavy atom. The molecule has 0 amide bonds. The minimum Gasteiger partial charge on any atom is -0.473 e. The number of carboxylic acid groups (broad SMARTS) is 2. The molecule has 0 unspecified atom stereocenters. The Bertz CT molecular complexity index is 445. The molecule has 1 aromatic rings. The second-order valence-electron chi connectivity index (χ2n) is 4.35. The van der Waals surface area contributed by atoms with E-state index in [2.05, 4.69) is 35.4 Å². The second-order valence-corrected chi connectivity index (χ2v) is 5.23. The van der Waals surface area contributed by atoms with E-state index in [1.54, 1.807) is 11.8 Å². The van der Waals surface area contributed by atoms with Gasteiger partial charge in [0.15, 0.2) is 0 Å². The number of morpholine rings is 1. The second kappa shape index (κ2) is 9.38. The van der Waals surface area contributed by atoms with E-state index in [9.17, 15) is 0 Å². The molecule has 0 atom stereocenters. The van der Waals surface area contributed by atoms with Crippen molar-refractivity contribution in [3.63, 3.8) is 0 Å². The normalized spacial score (nSPS) is 14.9. The van der Waals surface area contributed by atoms with Gasteiger partial charge in [-0.3, -0.25) is 4.90 Å². The summed E-state index contributed by atoms with van der Waals surface area (Å²) in [6.45, 7) is 4.93. The molecule has 0 aromatic heterocycles. The topological polar surface area (TPSA) is 87.1 Å². The van der Waals surface area contributed by atoms with Crippen molar-refractivity contribution in [1.82, 2.24) is 4.90 Å². The van der Waals surface area contributed by atoms with Crippen LogP contribution in [-0.4, -0.2) is 59.6 Å². The lowest BCUT2D eigenvalue weighted by molar-refractivity contribution is -0.159. The van der Waals surface area contributed by atoms with Crippen LogP contribution in [0.1, 0.15) is 5.56 Å². The number of carboxylic acids is 2. The van der Waals surface area contributed by atoms with Crippen molar-refractivity contribution >= 4 is 23.7 Å². The molecule has 1 saturated heterocycles. The minimum atomic E-state index is -1.82. The zero-order valence-corrected chi connectivity index (χ0v) is 12.6. The van der Waals surface area contributed by atoms with Crippen LogP contribution in [0.4, 0.5) is 0 Å². The highest BCUT2D eigenvalue weighted by molar-refractivity contribution is 7.98. The van der Waals surface area contributed by atoms with E-state index >= 15 is 0 Å². The summed E-state index contributed by atoms with van der Waals surface area (Å²) in [6.07, 6.45) is 2.11. The molecule has 1 aromatic carbocycles. The molecular formula is C14H19NO5S. The molecule has 1 heterocycles. The monoisotopic (exact) mass is 313 g/mol. The maximum absolute atomic E-state index is 9.10. The Hall–Kier alpha value is -1.57. The average Bonchev–Trinajstić information content (AvgIpc) is 2.49. The summed E-state index contributed by atoms with van der Waals surface area (Å²) in [5, 5.41) is 14.8. The smallest absolute Gasteiger partial charge is 0.414 e. The first-order valence-corrected chi connectivity index (χ1v) is 7.64. The highest BCUT2D eigenvalue weighted by Gasteiger charge is 2.10. The highest BCUT2D eigenvalue weighted by Crippen LogP contribution is 2.16. The van der Waals surface area contributed by atoms with Gasteiger partial charge < -0.3 is 14.9 Å². The Kier molecular flexibility index (Phi) is 7.81. The van der Waals surface area contributed by atoms with E-state index in [-0.39, 0.29) is 0 Å². The molecule has 0 bridgehead atoms. The van der Waals surface area contributed by atoms with E-state index < -0.39 is 11.9 Å². The first kappa shape index (κ1) is 17.5. The van der Waals surface area contributed by atoms with E-state index in [1.807, 2.05) is 0 Å². The quantitative estimate of drug-likeness (QED) is 0.644. The Balaban J connectivity index is 0.000000315. The molecule has 1 fully saturated rings. The van der Waals surface area contributed by atoms with Crippen LogP contribution in [-0.2, 0) is 20.9 Å². The standard InChI is InChI=1S/C12H17NOS.C2H2O4/c1-15-12-4-2-11(3-5-12)10-13-6-8-14-9-7-13;3-1(4)2(5)6/h2-5H,6-10H2,1H3;(H,3,4)(H,5,6). The zero-order valence-electron chi connectivity index (χ0n) is 11.8. The van der Waals surface area contributed by atoms with Gasteiger partial charge >= 0.3 is 11.9 Å². The summed E-state index contributed by atoms with van der Waals surface area (Å²) in [6, 6.07) is 8.84. The van der Waals surface area contributed by atoms with Gasteiger partial charge in [0.1, 0.15) is 0 Å². The predicted molar refractivity (Wildman–Crippen MR) is 79.6 cm³/mol. The molecule has 0 spiro atoms. The number of aliphatic carboxylic acids is 2. The summed E-state index contributed by atoms with van der Waals surface area (Å²) in [7, 11) is 0. The molecule has 6 nitrogen and oxygen atoms in total. The predicted octanol–water partition coefficient (Wildman–Crippen LogP) is 1.40. The molecule has 21 heavy (non-hydrogen) atoms. The summed E-state index contributed by atoms with van der Waals surface area (Å²) < 4.78 is 5.33. The fourth-order valence-electron chi connectivity index (χ4n) is 1.75. The van der Waals surface area contributed by atoms with Crippen molar-refractivity contribution < 1.29 is 24.5 Å². The van der Waals surface area contributed by atoms with Gasteiger partial charge in [-0.15, -0.1) is 11.8 Å². The third kappa shape index (κ3) is 7.12. The number of carbonyl (C=O) groups is 2. The molecule has 0 radical (unpaired) electrons. The fourth-order valence-corrected chi connectivity index (χ4v) is 2.16. The van der Waals surface area contributed by atoms with Crippen LogP contribution >= 0.6 is 11.8 Å². The molecule has 2 N–H and O–H groups in total. The van der Waals surface area contributed by atoms with Crippen molar-refractivity contribution in [1.29, 1.82) is 0 Å². The number of hydrogen-bond acceptors (Lipinski definition) is 5. The zero-order chi connectivity index (χ0) is 15.7. The van der Waals surface area contributed by atoms with Crippen LogP contribution in [0.2, 0.25) is 0 Å². The number of benzene rings is 1. The highest BCUT2D eigenvalue weighted by atomic mass is 32.2. The Morgan fingerprint density at radius 2 is 1.67 bits per heavy atom. The van der Waals surface area contributed by atoms with E-state index in [0.29, 0.717) is 0 Å². The summed E-state index contributed by atoms with van der Waals surface area (Å²) in [4.78, 5) is 22.0. The van der Waals surface area contributed by atoms with Crippen LogP contribution in [0, 0.1) is 0 Å². The summed E-state index contributed by atoms with van der Waals surface area (Å²) >= 11 is 1.79. The van der Waals surface area contributed by atoms with Gasteiger partial charge in [0.2, 0.25) is 0 Å². The average molecular weight is 313 g/mol. The molecule has 7 heteroatoms. The lowest BCUT2D eigenvalue weighted by Crippen LogP contribution is -2.35. The maximum Gasteiger partial charge on any atom is 0.414 e. The number of thioether (sulfide) groups is 1. The van der Waals surface area contributed by atoms with Crippen molar-refractivity contribution in [2.24, 2.45) is 0 Å². The maximum atomic E-state index is 9.10. The molecule has 1 aliphatic heterocycles. The van der Waals surface area contributed by atoms with Gasteiger partial charge in [-0.05, 0) is 24.0 Å². The van der Waals surface area contributed by atoms with E-state index in [0.717, 1.165) is 32.8 Å². The van der Waals surface area contributed by atoms with E-state index in [1.165, 1.54) is 10.5 Å². The lowest BCUT2D eigenvalue weighted by Gasteiger charge is -2.26. The molecule has 0 aliphatic carbocycles. The SMILES string of the molecule is CSc1ccc(CN2CCOCC2)cc1.O=C(O)C(=O)O. The van der Waals surface area contributed by atoms with E-state index in [4.69, 9.17) is 24.5 Å². The van der Waals surface area contributed by atoms with Crippen LogP contribution in [0.15, 0.2) is 29.2 Å². The van der Waals surface area contributed by atoms with Crippen LogP contribution in [0.25, 0.3) is 0 Å². The third-order valence-electron chi connectivity index (χ3n) is 2.85. The van der Waals surface area contributed by atoms with Crippen LogP contribution in [0.5, 0.6) is 0 Å². The molecule has 2 rings (SSSR count). The number of rotatable bonds is 3. The van der Waals surface area contributed by atoms with Crippen molar-refractivity contribution in [3.8, 4) is 0 Å². The van der Waals surface area contributed by atoms with Gasteiger partial charge in [0, 0.05) is 24.5 Å². The van der Waals surface area contributed by atoms with Gasteiger partial charge in [0.25, 0.3) is 0 Å². The largest absolute Gasteiger partial charge is 0.473 e. The first-order chi connectivity index (χ1) is 10.0. The molecule has 0 saturated carbocycles. The van der Waals surface area contributed by atoms with Crippen molar-refractivity contribution in [2.45, 2.75) is 11.4 Å². The molecular weight excluding hydrogens is 294 g/mol. The van der Waals surface area contributed by atoms with Gasteiger partial charge in [-0.25, -0.2) is 9.59 Å². The number of nitrogens with zero attached hydrogens (tertiary/aromatic N) is 1. The van der Waals surface area contributed by atoms with Crippen LogP contribution < -0.4 is 0 Å². The lowest BCUT2D eigenvalue weighted by atomic mass is 10.2. The van der Waals surface area contributed by atoms with Crippen LogP contribution in [0.3, 0.4) is 0 Å². The molecule has 1 aliphatic rings. The summed E-state index contributed by atoms with van der Waals surface area (Å²) in [5.41, 5.74) is 1.40. The summed E-state index contributed by atoms with van der Waals surface area (Å²) in [5.74, 6) is -3.65. The third-order valence-corrected chi connectivity index (χ3v) is 3.60. The number of ether oxygens (including phenoxy) is 1. The Morgan fingerprint density at radius 1 is 1.14 bits per heavy atom.